The van der Waals surface area contributed by atoms with Gasteiger partial charge in [-0.25, -0.2) is 9.19 Å². The van der Waals surface area contributed by atoms with Crippen LogP contribution in [0.3, 0.4) is 0 Å². The Kier molecular flexibility index (Phi) is 8.50. The molecule has 8 heteroatoms. The SMILES string of the molecule is CC(=O)CCCCOc1ccc(-c2cccc(COc3ccc(C4=CC(=O)NS4=O)cc3)c2C)c(C)n1. The van der Waals surface area contributed by atoms with E-state index in [1.54, 1.807) is 19.1 Å². The van der Waals surface area contributed by atoms with Gasteiger partial charge in [-0.2, -0.15) is 0 Å². The second kappa shape index (κ2) is 12.0. The van der Waals surface area contributed by atoms with E-state index in [-0.39, 0.29) is 11.7 Å². The van der Waals surface area contributed by atoms with Crippen LogP contribution in [0.4, 0.5) is 0 Å². The second-order valence-electron chi connectivity index (χ2n) is 8.94. The van der Waals surface area contributed by atoms with Crippen LogP contribution in [0.1, 0.15) is 48.6 Å². The average molecular weight is 519 g/mol. The number of carbonyl (C=O) groups is 2. The fourth-order valence-electron chi connectivity index (χ4n) is 4.10. The van der Waals surface area contributed by atoms with Gasteiger partial charge in [0.1, 0.15) is 18.1 Å². The Hall–Kier alpha value is -3.78. The van der Waals surface area contributed by atoms with Crippen molar-refractivity contribution in [2.45, 2.75) is 46.6 Å². The monoisotopic (exact) mass is 518 g/mol. The summed E-state index contributed by atoms with van der Waals surface area (Å²) in [4.78, 5) is 27.6. The maximum atomic E-state index is 12.0. The molecule has 4 rings (SSSR count). The highest BCUT2D eigenvalue weighted by Crippen LogP contribution is 2.30. The van der Waals surface area contributed by atoms with Crippen LogP contribution < -0.4 is 14.2 Å². The largest absolute Gasteiger partial charge is 0.489 e. The van der Waals surface area contributed by atoms with Crippen LogP contribution in [-0.2, 0) is 27.2 Å². The molecule has 2 heterocycles. The predicted molar refractivity (Wildman–Crippen MR) is 144 cm³/mol. The summed E-state index contributed by atoms with van der Waals surface area (Å²) < 4.78 is 26.1. The number of ketones is 1. The lowest BCUT2D eigenvalue weighted by molar-refractivity contribution is -0.117. The Morgan fingerprint density at radius 1 is 0.973 bits per heavy atom. The van der Waals surface area contributed by atoms with Crippen LogP contribution in [0.5, 0.6) is 11.6 Å². The van der Waals surface area contributed by atoms with Crippen molar-refractivity contribution < 1.29 is 23.3 Å². The Bertz CT molecular complexity index is 1370. The molecule has 1 amide bonds. The molecule has 1 N–H and O–H groups in total. The molecule has 1 unspecified atom stereocenters. The second-order valence-corrected chi connectivity index (χ2v) is 10.1. The lowest BCUT2D eigenvalue weighted by atomic mass is 9.96. The first kappa shape index (κ1) is 26.3. The fourth-order valence-corrected chi connectivity index (χ4v) is 5.02. The first-order valence-corrected chi connectivity index (χ1v) is 13.3. The lowest BCUT2D eigenvalue weighted by Crippen LogP contribution is -2.16. The number of hydrogen-bond acceptors (Lipinski definition) is 6. The molecular formula is C29H30N2O5S. The van der Waals surface area contributed by atoms with Crippen molar-refractivity contribution in [1.82, 2.24) is 9.71 Å². The van der Waals surface area contributed by atoms with Gasteiger partial charge in [0.15, 0.2) is 11.0 Å². The third-order valence-electron chi connectivity index (χ3n) is 6.16. The van der Waals surface area contributed by atoms with Gasteiger partial charge >= 0.3 is 0 Å². The van der Waals surface area contributed by atoms with Crippen molar-refractivity contribution in [2.24, 2.45) is 0 Å². The molecule has 1 aliphatic heterocycles. The highest BCUT2D eigenvalue weighted by molar-refractivity contribution is 7.93. The number of unbranched alkanes of at least 4 members (excludes halogenated alkanes) is 1. The number of carbonyl (C=O) groups excluding carboxylic acids is 2. The van der Waals surface area contributed by atoms with Gasteiger partial charge in [-0.1, -0.05) is 30.3 Å². The minimum Gasteiger partial charge on any atom is -0.489 e. The molecular weight excluding hydrogens is 488 g/mol. The van der Waals surface area contributed by atoms with Gasteiger partial charge in [0.2, 0.25) is 5.88 Å². The van der Waals surface area contributed by atoms with E-state index in [2.05, 4.69) is 22.7 Å². The smallest absolute Gasteiger partial charge is 0.257 e. The Labute approximate surface area is 219 Å². The van der Waals surface area contributed by atoms with Crippen LogP contribution in [0, 0.1) is 13.8 Å². The van der Waals surface area contributed by atoms with Gasteiger partial charge in [-0.3, -0.25) is 9.52 Å². The van der Waals surface area contributed by atoms with E-state index in [4.69, 9.17) is 9.47 Å². The average Bonchev–Trinajstić information content (AvgIpc) is 3.21. The van der Waals surface area contributed by atoms with Gasteiger partial charge in [-0.05, 0) is 74.1 Å². The summed E-state index contributed by atoms with van der Waals surface area (Å²) in [5.41, 5.74) is 5.88. The minimum atomic E-state index is -1.52. The molecule has 0 spiro atoms. The summed E-state index contributed by atoms with van der Waals surface area (Å²) in [6.45, 7) is 6.58. The number of hydrogen-bond donors (Lipinski definition) is 1. The van der Waals surface area contributed by atoms with E-state index in [1.807, 2.05) is 43.3 Å². The first-order chi connectivity index (χ1) is 17.8. The first-order valence-electron chi connectivity index (χ1n) is 12.2. The van der Waals surface area contributed by atoms with Gasteiger partial charge in [0, 0.05) is 29.8 Å². The predicted octanol–water partition coefficient (Wildman–Crippen LogP) is 5.22. The third-order valence-corrected chi connectivity index (χ3v) is 7.30. The minimum absolute atomic E-state index is 0.201. The molecule has 7 nitrogen and oxygen atoms in total. The zero-order valence-electron chi connectivity index (χ0n) is 21.2. The summed E-state index contributed by atoms with van der Waals surface area (Å²) in [5, 5.41) is 0. The molecule has 192 valence electrons. The van der Waals surface area contributed by atoms with Crippen molar-refractivity contribution in [1.29, 1.82) is 0 Å². The van der Waals surface area contributed by atoms with E-state index in [9.17, 15) is 13.8 Å². The van der Waals surface area contributed by atoms with Gasteiger partial charge < -0.3 is 14.3 Å². The molecule has 37 heavy (non-hydrogen) atoms. The van der Waals surface area contributed by atoms with Crippen LogP contribution in [0.25, 0.3) is 16.0 Å². The molecule has 0 radical (unpaired) electrons. The number of rotatable bonds is 11. The number of nitrogens with one attached hydrogen (secondary N) is 1. The maximum absolute atomic E-state index is 12.0. The van der Waals surface area contributed by atoms with Crippen LogP contribution in [0.2, 0.25) is 0 Å². The van der Waals surface area contributed by atoms with Gasteiger partial charge in [0.25, 0.3) is 5.91 Å². The van der Waals surface area contributed by atoms with Crippen LogP contribution in [0.15, 0.2) is 60.7 Å². The number of benzene rings is 2. The van der Waals surface area contributed by atoms with Crippen molar-refractivity contribution in [3.8, 4) is 22.8 Å². The molecule has 0 saturated heterocycles. The number of aryl methyl sites for hydroxylation is 1. The normalized spacial score (nSPS) is 14.7. The van der Waals surface area contributed by atoms with Crippen molar-refractivity contribution in [2.75, 3.05) is 6.61 Å². The maximum Gasteiger partial charge on any atom is 0.257 e. The molecule has 1 aliphatic rings. The topological polar surface area (TPSA) is 94.6 Å². The van der Waals surface area contributed by atoms with Gasteiger partial charge in [-0.15, -0.1) is 0 Å². The van der Waals surface area contributed by atoms with Crippen molar-refractivity contribution in [3.05, 3.63) is 83.1 Å². The number of amides is 1. The number of aromatic nitrogens is 1. The lowest BCUT2D eigenvalue weighted by Gasteiger charge is -2.15. The summed E-state index contributed by atoms with van der Waals surface area (Å²) in [6, 6.07) is 17.2. The summed E-state index contributed by atoms with van der Waals surface area (Å²) in [6.07, 6.45) is 3.58. The third kappa shape index (κ3) is 6.71. The quantitative estimate of drug-likeness (QED) is 0.350. The molecule has 1 atom stereocenters. The molecule has 3 aromatic rings. The number of pyridine rings is 1. The van der Waals surface area contributed by atoms with E-state index in [0.29, 0.717) is 41.7 Å². The van der Waals surface area contributed by atoms with E-state index in [0.717, 1.165) is 40.8 Å². The van der Waals surface area contributed by atoms with Crippen LogP contribution in [-0.4, -0.2) is 27.5 Å². The number of ether oxygens (including phenoxy) is 2. The zero-order valence-corrected chi connectivity index (χ0v) is 22.0. The molecule has 0 fully saturated rings. The van der Waals surface area contributed by atoms with E-state index in [1.165, 1.54) is 6.08 Å². The van der Waals surface area contributed by atoms with E-state index < -0.39 is 11.0 Å². The summed E-state index contributed by atoms with van der Waals surface area (Å²) >= 11 is 0. The van der Waals surface area contributed by atoms with Gasteiger partial charge in [0.05, 0.1) is 11.5 Å². The molecule has 0 saturated carbocycles. The summed E-state index contributed by atoms with van der Waals surface area (Å²) in [7, 11) is -1.52. The molecule has 2 aromatic carbocycles. The molecule has 1 aromatic heterocycles. The number of nitrogens with zero attached hydrogens (tertiary/aromatic N) is 1. The Morgan fingerprint density at radius 3 is 2.43 bits per heavy atom. The zero-order chi connectivity index (χ0) is 26.4. The van der Waals surface area contributed by atoms with Crippen LogP contribution >= 0.6 is 0 Å². The Balaban J connectivity index is 1.40. The van der Waals surface area contributed by atoms with Crippen molar-refractivity contribution in [3.63, 3.8) is 0 Å². The standard InChI is InChI=1S/C29H30N2O5S/c1-19(32)7-4-5-16-35-29-15-14-26(21(3)30-29)25-9-6-8-23(20(25)2)18-36-24-12-10-22(11-13-24)27-17-28(33)31-37(27)34/h6,8-15,17H,4-5,7,16,18H2,1-3H3,(H,31,33). The van der Waals surface area contributed by atoms with Crippen molar-refractivity contribution >= 4 is 27.6 Å². The summed E-state index contributed by atoms with van der Waals surface area (Å²) in [5.74, 6) is 1.12. The number of Topliss-reactive ketones (excluding diaryl/α,β-unsaturated/α-hetero) is 1. The highest BCUT2D eigenvalue weighted by atomic mass is 32.2. The molecule has 0 bridgehead atoms. The van der Waals surface area contributed by atoms with E-state index >= 15 is 0 Å². The Morgan fingerprint density at radius 2 is 1.76 bits per heavy atom. The molecule has 0 aliphatic carbocycles. The highest BCUT2D eigenvalue weighted by Gasteiger charge is 2.20. The fraction of sp³-hybridized carbons (Fsp3) is 0.276.